The Balaban J connectivity index is 1.43. The predicted molar refractivity (Wildman–Crippen MR) is 116 cm³/mol. The molecule has 0 saturated carbocycles. The number of anilines is 1. The minimum Gasteiger partial charge on any atom is -0.356 e. The maximum absolute atomic E-state index is 13.8. The van der Waals surface area contributed by atoms with Gasteiger partial charge in [-0.1, -0.05) is 48.5 Å². The van der Waals surface area contributed by atoms with Crippen molar-refractivity contribution < 1.29 is 14.0 Å². The van der Waals surface area contributed by atoms with Crippen molar-refractivity contribution in [2.75, 3.05) is 11.9 Å². The van der Waals surface area contributed by atoms with E-state index >= 15 is 0 Å². The standard InChI is InChI=1S/C22H22BrFN4O2/c23-18-15-28(14-17-8-4-5-9-19(17)24)27-22(18)26-21(30)11-10-20(29)25-13-12-16-6-2-1-3-7-16/h1-9,15H,10-14H2,(H,25,29)(H,26,27,30). The van der Waals surface area contributed by atoms with E-state index < -0.39 is 0 Å². The molecule has 0 spiro atoms. The fourth-order valence-corrected chi connectivity index (χ4v) is 3.28. The van der Waals surface area contributed by atoms with E-state index in [1.54, 1.807) is 24.4 Å². The summed E-state index contributed by atoms with van der Waals surface area (Å²) in [6.45, 7) is 0.765. The summed E-state index contributed by atoms with van der Waals surface area (Å²) >= 11 is 3.34. The van der Waals surface area contributed by atoms with Crippen molar-refractivity contribution in [3.05, 3.63) is 82.2 Å². The van der Waals surface area contributed by atoms with Gasteiger partial charge in [0.2, 0.25) is 11.8 Å². The van der Waals surface area contributed by atoms with Gasteiger partial charge in [-0.25, -0.2) is 4.39 Å². The molecule has 0 fully saturated rings. The molecule has 1 aromatic heterocycles. The number of benzene rings is 2. The van der Waals surface area contributed by atoms with Crippen molar-refractivity contribution in [2.24, 2.45) is 0 Å². The lowest BCUT2D eigenvalue weighted by Gasteiger charge is -2.06. The summed E-state index contributed by atoms with van der Waals surface area (Å²) in [6.07, 6.45) is 2.54. The Labute approximate surface area is 182 Å². The van der Waals surface area contributed by atoms with Gasteiger partial charge in [0.25, 0.3) is 0 Å². The molecular formula is C22H22BrFN4O2. The van der Waals surface area contributed by atoms with Crippen LogP contribution in [0.2, 0.25) is 0 Å². The molecule has 2 aromatic carbocycles. The van der Waals surface area contributed by atoms with Crippen molar-refractivity contribution >= 4 is 33.6 Å². The van der Waals surface area contributed by atoms with Gasteiger partial charge in [-0.15, -0.1) is 0 Å². The Bertz CT molecular complexity index is 1010. The molecule has 2 amide bonds. The van der Waals surface area contributed by atoms with E-state index in [0.29, 0.717) is 22.4 Å². The van der Waals surface area contributed by atoms with Crippen LogP contribution >= 0.6 is 15.9 Å². The molecule has 0 bridgehead atoms. The summed E-state index contributed by atoms with van der Waals surface area (Å²) in [5.41, 5.74) is 1.64. The van der Waals surface area contributed by atoms with Gasteiger partial charge in [0.1, 0.15) is 5.82 Å². The molecule has 0 radical (unpaired) electrons. The van der Waals surface area contributed by atoms with Crippen LogP contribution in [-0.4, -0.2) is 28.1 Å². The molecule has 0 atom stereocenters. The molecule has 3 aromatic rings. The largest absolute Gasteiger partial charge is 0.356 e. The van der Waals surface area contributed by atoms with Crippen molar-refractivity contribution in [2.45, 2.75) is 25.8 Å². The van der Waals surface area contributed by atoms with Crippen LogP contribution in [0.15, 0.2) is 65.3 Å². The SMILES string of the molecule is O=C(CCC(=O)Nc1nn(Cc2ccccc2F)cc1Br)NCCc1ccccc1. The third-order valence-corrected chi connectivity index (χ3v) is 5.00. The van der Waals surface area contributed by atoms with Crippen LogP contribution in [0.5, 0.6) is 0 Å². The lowest BCUT2D eigenvalue weighted by molar-refractivity contribution is -0.124. The van der Waals surface area contributed by atoms with Crippen molar-refractivity contribution in [3.8, 4) is 0 Å². The van der Waals surface area contributed by atoms with E-state index in [9.17, 15) is 14.0 Å². The zero-order chi connectivity index (χ0) is 21.3. The van der Waals surface area contributed by atoms with Crippen LogP contribution in [0, 0.1) is 5.82 Å². The number of halogens is 2. The van der Waals surface area contributed by atoms with E-state index in [2.05, 4.69) is 31.7 Å². The molecule has 6 nitrogen and oxygen atoms in total. The molecule has 156 valence electrons. The quantitative estimate of drug-likeness (QED) is 0.495. The van der Waals surface area contributed by atoms with Gasteiger partial charge >= 0.3 is 0 Å². The summed E-state index contributed by atoms with van der Waals surface area (Å²) in [5, 5.41) is 9.76. The van der Waals surface area contributed by atoms with Crippen LogP contribution in [0.3, 0.4) is 0 Å². The summed E-state index contributed by atoms with van der Waals surface area (Å²) in [6, 6.07) is 16.3. The lowest BCUT2D eigenvalue weighted by atomic mass is 10.1. The van der Waals surface area contributed by atoms with E-state index in [1.807, 2.05) is 30.3 Å². The van der Waals surface area contributed by atoms with Gasteiger partial charge in [0.05, 0.1) is 11.0 Å². The third kappa shape index (κ3) is 6.52. The van der Waals surface area contributed by atoms with Crippen molar-refractivity contribution in [3.63, 3.8) is 0 Å². The Morgan fingerprint density at radius 3 is 2.47 bits per heavy atom. The van der Waals surface area contributed by atoms with Crippen molar-refractivity contribution in [1.82, 2.24) is 15.1 Å². The normalized spacial score (nSPS) is 10.6. The highest BCUT2D eigenvalue weighted by molar-refractivity contribution is 9.10. The van der Waals surface area contributed by atoms with Crippen molar-refractivity contribution in [1.29, 1.82) is 0 Å². The Kier molecular flexibility index (Phi) is 7.73. The smallest absolute Gasteiger partial charge is 0.226 e. The number of aromatic nitrogens is 2. The van der Waals surface area contributed by atoms with Gasteiger partial charge in [0, 0.05) is 31.1 Å². The van der Waals surface area contributed by atoms with Crippen LogP contribution < -0.4 is 10.6 Å². The second kappa shape index (κ2) is 10.7. The molecule has 0 aliphatic heterocycles. The average Bonchev–Trinajstić information content (AvgIpc) is 3.07. The predicted octanol–water partition coefficient (Wildman–Crippen LogP) is 3.91. The van der Waals surface area contributed by atoms with E-state index in [-0.39, 0.29) is 37.0 Å². The lowest BCUT2D eigenvalue weighted by Crippen LogP contribution is -2.26. The molecule has 0 aliphatic rings. The first kappa shape index (κ1) is 21.7. The summed E-state index contributed by atoms with van der Waals surface area (Å²) in [5.74, 6) is -0.468. The molecule has 3 rings (SSSR count). The number of carbonyl (C=O) groups is 2. The first-order valence-corrected chi connectivity index (χ1v) is 10.4. The van der Waals surface area contributed by atoms with Gasteiger partial charge in [-0.2, -0.15) is 5.10 Å². The van der Waals surface area contributed by atoms with Crippen LogP contribution in [0.1, 0.15) is 24.0 Å². The number of hydrogen-bond donors (Lipinski definition) is 2. The van der Waals surface area contributed by atoms with Gasteiger partial charge < -0.3 is 10.6 Å². The second-order valence-corrected chi connectivity index (χ2v) is 7.60. The number of nitrogens with one attached hydrogen (secondary N) is 2. The maximum atomic E-state index is 13.8. The number of carbonyl (C=O) groups excluding carboxylic acids is 2. The molecule has 0 saturated heterocycles. The monoisotopic (exact) mass is 472 g/mol. The fraction of sp³-hybridized carbons (Fsp3) is 0.227. The molecule has 8 heteroatoms. The summed E-state index contributed by atoms with van der Waals surface area (Å²) in [4.78, 5) is 24.1. The van der Waals surface area contributed by atoms with Crippen LogP contribution in [-0.2, 0) is 22.6 Å². The summed E-state index contributed by atoms with van der Waals surface area (Å²) < 4.78 is 15.9. The third-order valence-electron chi connectivity index (χ3n) is 4.42. The molecule has 0 aliphatic carbocycles. The van der Waals surface area contributed by atoms with Crippen LogP contribution in [0.4, 0.5) is 10.2 Å². The Morgan fingerprint density at radius 1 is 1.00 bits per heavy atom. The number of nitrogens with zero attached hydrogens (tertiary/aromatic N) is 2. The molecule has 1 heterocycles. The van der Waals surface area contributed by atoms with Gasteiger partial charge in [-0.05, 0) is 34.0 Å². The highest BCUT2D eigenvalue weighted by Crippen LogP contribution is 2.21. The number of hydrogen-bond acceptors (Lipinski definition) is 3. The molecular weight excluding hydrogens is 451 g/mol. The van der Waals surface area contributed by atoms with E-state index in [4.69, 9.17) is 0 Å². The minimum absolute atomic E-state index is 0.0454. The van der Waals surface area contributed by atoms with Gasteiger partial charge in [0.15, 0.2) is 5.82 Å². The highest BCUT2D eigenvalue weighted by atomic mass is 79.9. The minimum atomic E-state index is -0.315. The number of rotatable bonds is 9. The Morgan fingerprint density at radius 2 is 1.70 bits per heavy atom. The van der Waals surface area contributed by atoms with Gasteiger partial charge in [-0.3, -0.25) is 14.3 Å². The maximum Gasteiger partial charge on any atom is 0.226 e. The number of amides is 2. The zero-order valence-corrected chi connectivity index (χ0v) is 17.9. The van der Waals surface area contributed by atoms with E-state index in [0.717, 1.165) is 12.0 Å². The highest BCUT2D eigenvalue weighted by Gasteiger charge is 2.13. The molecule has 30 heavy (non-hydrogen) atoms. The molecule has 2 N–H and O–H groups in total. The van der Waals surface area contributed by atoms with Crippen LogP contribution in [0.25, 0.3) is 0 Å². The first-order chi connectivity index (χ1) is 14.5. The fourth-order valence-electron chi connectivity index (χ4n) is 2.86. The average molecular weight is 473 g/mol. The first-order valence-electron chi connectivity index (χ1n) is 9.58. The summed E-state index contributed by atoms with van der Waals surface area (Å²) in [7, 11) is 0. The topological polar surface area (TPSA) is 76.0 Å². The molecule has 0 unspecified atom stereocenters. The van der Waals surface area contributed by atoms with E-state index in [1.165, 1.54) is 10.7 Å². The Hall–Kier alpha value is -3.00. The second-order valence-electron chi connectivity index (χ2n) is 6.75. The zero-order valence-electron chi connectivity index (χ0n) is 16.3.